The minimum Gasteiger partial charge on any atom is -0.268 e. The quantitative estimate of drug-likeness (QED) is 0.788. The lowest BCUT2D eigenvalue weighted by atomic mass is 9.97. The molecule has 0 saturated carbocycles. The highest BCUT2D eigenvalue weighted by Crippen LogP contribution is 2.24. The Morgan fingerprint density at radius 3 is 2.35 bits per heavy atom. The van der Waals surface area contributed by atoms with Crippen molar-refractivity contribution in [2.75, 3.05) is 0 Å². The van der Waals surface area contributed by atoms with Crippen LogP contribution in [0.3, 0.4) is 0 Å². The molecule has 0 aliphatic carbocycles. The fraction of sp³-hybridized carbons (Fsp3) is 0.0588. The summed E-state index contributed by atoms with van der Waals surface area (Å²) in [5, 5.41) is 6.54. The molecule has 0 amide bonds. The van der Waals surface area contributed by atoms with Crippen molar-refractivity contribution in [3.8, 4) is 11.1 Å². The first-order valence-corrected chi connectivity index (χ1v) is 6.51. The largest absolute Gasteiger partial charge is 0.268 e. The Labute approximate surface area is 116 Å². The van der Waals surface area contributed by atoms with Crippen molar-refractivity contribution in [3.63, 3.8) is 0 Å². The summed E-state index contributed by atoms with van der Waals surface area (Å²) < 4.78 is 0. The van der Waals surface area contributed by atoms with Gasteiger partial charge in [0.05, 0.1) is 5.69 Å². The number of aromatic amines is 1. The Morgan fingerprint density at radius 2 is 1.60 bits per heavy atom. The summed E-state index contributed by atoms with van der Waals surface area (Å²) >= 11 is 0. The van der Waals surface area contributed by atoms with Gasteiger partial charge in [0.15, 0.2) is 0 Å². The highest BCUT2D eigenvalue weighted by atomic mass is 16.1. The van der Waals surface area contributed by atoms with Crippen LogP contribution in [0.15, 0.2) is 71.5 Å². The maximum atomic E-state index is 11.0. The van der Waals surface area contributed by atoms with E-state index in [1.807, 2.05) is 30.3 Å². The standard InChI is InChI=1S/C17H14N2O/c20-17-11-10-15(18-19-17)12-14-8-4-5-9-16(14)13-6-2-1-3-7-13/h1-11H,12H2,(H,19,20). The van der Waals surface area contributed by atoms with Gasteiger partial charge in [0.2, 0.25) is 0 Å². The summed E-state index contributed by atoms with van der Waals surface area (Å²) in [7, 11) is 0. The molecule has 0 spiro atoms. The highest BCUT2D eigenvalue weighted by Gasteiger charge is 2.05. The summed E-state index contributed by atoms with van der Waals surface area (Å²) in [6.45, 7) is 0. The van der Waals surface area contributed by atoms with E-state index in [-0.39, 0.29) is 5.56 Å². The molecule has 1 aromatic heterocycles. The van der Waals surface area contributed by atoms with Crippen LogP contribution in [0.4, 0.5) is 0 Å². The third-order valence-electron chi connectivity index (χ3n) is 3.21. The number of H-pyrrole nitrogens is 1. The molecule has 0 atom stereocenters. The van der Waals surface area contributed by atoms with E-state index in [9.17, 15) is 4.79 Å². The van der Waals surface area contributed by atoms with Gasteiger partial charge in [0.25, 0.3) is 5.56 Å². The molecule has 98 valence electrons. The molecule has 0 aliphatic heterocycles. The van der Waals surface area contributed by atoms with Gasteiger partial charge in [-0.1, -0.05) is 54.6 Å². The van der Waals surface area contributed by atoms with Gasteiger partial charge in [-0.25, -0.2) is 5.10 Å². The molecular weight excluding hydrogens is 248 g/mol. The van der Waals surface area contributed by atoms with Crippen molar-refractivity contribution in [3.05, 3.63) is 88.3 Å². The van der Waals surface area contributed by atoms with Crippen molar-refractivity contribution in [2.24, 2.45) is 0 Å². The number of benzene rings is 2. The van der Waals surface area contributed by atoms with Crippen molar-refractivity contribution in [1.82, 2.24) is 10.2 Å². The number of hydrogen-bond acceptors (Lipinski definition) is 2. The van der Waals surface area contributed by atoms with Gasteiger partial charge in [0.1, 0.15) is 0 Å². The molecule has 3 heteroatoms. The second-order valence-corrected chi connectivity index (χ2v) is 4.61. The molecule has 2 aromatic carbocycles. The summed E-state index contributed by atoms with van der Waals surface area (Å²) in [5.41, 5.74) is 4.25. The molecule has 0 saturated heterocycles. The first kappa shape index (κ1) is 12.4. The zero-order valence-electron chi connectivity index (χ0n) is 10.9. The van der Waals surface area contributed by atoms with Crippen LogP contribution in [0.5, 0.6) is 0 Å². The molecule has 0 radical (unpaired) electrons. The Kier molecular flexibility index (Phi) is 3.42. The van der Waals surface area contributed by atoms with Crippen LogP contribution >= 0.6 is 0 Å². The molecule has 0 unspecified atom stereocenters. The average Bonchev–Trinajstić information content (AvgIpc) is 2.51. The fourth-order valence-electron chi connectivity index (χ4n) is 2.24. The van der Waals surface area contributed by atoms with Gasteiger partial charge in [0, 0.05) is 12.5 Å². The number of nitrogens with zero attached hydrogens (tertiary/aromatic N) is 1. The second-order valence-electron chi connectivity index (χ2n) is 4.61. The summed E-state index contributed by atoms with van der Waals surface area (Å²) in [6, 6.07) is 21.8. The summed E-state index contributed by atoms with van der Waals surface area (Å²) in [6.07, 6.45) is 0.696. The third kappa shape index (κ3) is 2.67. The molecule has 0 bridgehead atoms. The molecule has 20 heavy (non-hydrogen) atoms. The maximum Gasteiger partial charge on any atom is 0.264 e. The smallest absolute Gasteiger partial charge is 0.264 e. The number of nitrogens with one attached hydrogen (secondary N) is 1. The van der Waals surface area contributed by atoms with E-state index in [0.717, 1.165) is 5.69 Å². The Hall–Kier alpha value is -2.68. The maximum absolute atomic E-state index is 11.0. The first-order valence-electron chi connectivity index (χ1n) is 6.51. The predicted molar refractivity (Wildman–Crippen MR) is 79.5 cm³/mol. The summed E-state index contributed by atoms with van der Waals surface area (Å²) in [5.74, 6) is 0. The topological polar surface area (TPSA) is 45.8 Å². The molecule has 1 N–H and O–H groups in total. The Bertz CT molecular complexity index is 743. The van der Waals surface area contributed by atoms with Crippen LogP contribution in [0, 0.1) is 0 Å². The van der Waals surface area contributed by atoms with E-state index in [1.165, 1.54) is 22.8 Å². The molecule has 1 heterocycles. The van der Waals surface area contributed by atoms with Gasteiger partial charge >= 0.3 is 0 Å². The zero-order chi connectivity index (χ0) is 13.8. The van der Waals surface area contributed by atoms with E-state index < -0.39 is 0 Å². The van der Waals surface area contributed by atoms with E-state index in [0.29, 0.717) is 6.42 Å². The predicted octanol–water partition coefficient (Wildman–Crippen LogP) is 3.03. The third-order valence-corrected chi connectivity index (χ3v) is 3.21. The molecular formula is C17H14N2O. The van der Waals surface area contributed by atoms with Crippen LogP contribution in [0.1, 0.15) is 11.3 Å². The van der Waals surface area contributed by atoms with Crippen LogP contribution < -0.4 is 5.56 Å². The van der Waals surface area contributed by atoms with Crippen molar-refractivity contribution in [2.45, 2.75) is 6.42 Å². The SMILES string of the molecule is O=c1ccc(Cc2ccccc2-c2ccccc2)n[nH]1. The Morgan fingerprint density at radius 1 is 0.850 bits per heavy atom. The molecule has 3 rings (SSSR count). The van der Waals surface area contributed by atoms with Crippen LogP contribution in [-0.4, -0.2) is 10.2 Å². The van der Waals surface area contributed by atoms with E-state index >= 15 is 0 Å². The molecule has 3 aromatic rings. The molecule has 3 nitrogen and oxygen atoms in total. The number of hydrogen-bond donors (Lipinski definition) is 1. The van der Waals surface area contributed by atoms with E-state index in [1.54, 1.807) is 6.07 Å². The molecule has 0 fully saturated rings. The van der Waals surface area contributed by atoms with Gasteiger partial charge < -0.3 is 0 Å². The minimum atomic E-state index is -0.176. The van der Waals surface area contributed by atoms with Gasteiger partial charge in [-0.15, -0.1) is 0 Å². The molecule has 0 aliphatic rings. The average molecular weight is 262 g/mol. The highest BCUT2D eigenvalue weighted by molar-refractivity contribution is 5.67. The van der Waals surface area contributed by atoms with Crippen molar-refractivity contribution < 1.29 is 0 Å². The Balaban J connectivity index is 1.98. The normalized spacial score (nSPS) is 10.4. The number of rotatable bonds is 3. The van der Waals surface area contributed by atoms with Gasteiger partial charge in [-0.2, -0.15) is 5.10 Å². The lowest BCUT2D eigenvalue weighted by Crippen LogP contribution is -2.08. The van der Waals surface area contributed by atoms with E-state index in [4.69, 9.17) is 0 Å². The minimum absolute atomic E-state index is 0.176. The lowest BCUT2D eigenvalue weighted by Gasteiger charge is -2.09. The van der Waals surface area contributed by atoms with Crippen LogP contribution in [-0.2, 0) is 6.42 Å². The van der Waals surface area contributed by atoms with Gasteiger partial charge in [-0.3, -0.25) is 4.79 Å². The van der Waals surface area contributed by atoms with Gasteiger partial charge in [-0.05, 0) is 22.8 Å². The van der Waals surface area contributed by atoms with E-state index in [2.05, 4.69) is 34.5 Å². The summed E-state index contributed by atoms with van der Waals surface area (Å²) in [4.78, 5) is 11.0. The second kappa shape index (κ2) is 5.53. The first-order chi connectivity index (χ1) is 9.83. The van der Waals surface area contributed by atoms with Crippen molar-refractivity contribution >= 4 is 0 Å². The van der Waals surface area contributed by atoms with Crippen molar-refractivity contribution in [1.29, 1.82) is 0 Å². The monoisotopic (exact) mass is 262 g/mol. The lowest BCUT2D eigenvalue weighted by molar-refractivity contribution is 0.911. The van der Waals surface area contributed by atoms with Crippen LogP contribution in [0.2, 0.25) is 0 Å². The number of aromatic nitrogens is 2. The zero-order valence-corrected chi connectivity index (χ0v) is 10.9. The fourth-order valence-corrected chi connectivity index (χ4v) is 2.24. The van der Waals surface area contributed by atoms with Crippen LogP contribution in [0.25, 0.3) is 11.1 Å².